The molecule has 0 aromatic heterocycles. The smallest absolute Gasteiger partial charge is 0.127 e. The molecule has 0 aliphatic heterocycles. The van der Waals surface area contributed by atoms with E-state index in [9.17, 15) is 4.39 Å². The molecular weight excluding hydrogens is 292 g/mol. The third-order valence-corrected chi connectivity index (χ3v) is 4.29. The van der Waals surface area contributed by atoms with Gasteiger partial charge in [-0.2, -0.15) is 0 Å². The van der Waals surface area contributed by atoms with E-state index >= 15 is 0 Å². The maximum Gasteiger partial charge on any atom is 0.127 e. The second kappa shape index (κ2) is 3.77. The van der Waals surface area contributed by atoms with Crippen molar-refractivity contribution in [2.24, 2.45) is 5.73 Å². The average Bonchev–Trinajstić information content (AvgIpc) is 2.14. The molecule has 3 heteroatoms. The summed E-state index contributed by atoms with van der Waals surface area (Å²) in [4.78, 5) is 0. The van der Waals surface area contributed by atoms with E-state index < -0.39 is 0 Å². The molecule has 0 unspecified atom stereocenters. The van der Waals surface area contributed by atoms with Crippen LogP contribution in [0, 0.1) is 16.3 Å². The van der Waals surface area contributed by atoms with Gasteiger partial charge in [0.05, 0.1) is 0 Å². The van der Waals surface area contributed by atoms with Crippen LogP contribution >= 0.6 is 22.6 Å². The van der Waals surface area contributed by atoms with Crippen LogP contribution in [0.15, 0.2) is 6.07 Å². The number of nitrogens with two attached hydrogens (primary N) is 1. The second-order valence-corrected chi connectivity index (χ2v) is 4.95. The molecule has 1 aromatic carbocycles. The molecule has 0 spiro atoms. The van der Waals surface area contributed by atoms with E-state index in [1.54, 1.807) is 6.07 Å². The largest absolute Gasteiger partial charge is 0.324 e. The average molecular weight is 305 g/mol. The van der Waals surface area contributed by atoms with Gasteiger partial charge in [-0.3, -0.25) is 0 Å². The number of halogens is 2. The fourth-order valence-electron chi connectivity index (χ4n) is 2.05. The van der Waals surface area contributed by atoms with Crippen molar-refractivity contribution in [1.82, 2.24) is 0 Å². The van der Waals surface area contributed by atoms with Gasteiger partial charge in [0.25, 0.3) is 0 Å². The molecule has 14 heavy (non-hydrogen) atoms. The Labute approximate surface area is 97.0 Å². The maximum absolute atomic E-state index is 13.4. The molecule has 76 valence electrons. The molecule has 2 N–H and O–H groups in total. The molecule has 2 rings (SSSR count). The van der Waals surface area contributed by atoms with Crippen LogP contribution in [0.3, 0.4) is 0 Å². The van der Waals surface area contributed by atoms with Crippen LogP contribution in [0.5, 0.6) is 0 Å². The molecule has 1 aliphatic rings. The molecule has 0 bridgehead atoms. The highest BCUT2D eigenvalue weighted by molar-refractivity contribution is 14.1. The predicted octanol–water partition coefficient (Wildman–Crippen LogP) is 3.07. The van der Waals surface area contributed by atoms with Crippen molar-refractivity contribution in [2.75, 3.05) is 0 Å². The molecule has 1 aromatic rings. The Morgan fingerprint density at radius 2 is 2.29 bits per heavy atom. The Hall–Kier alpha value is -0.160. The monoisotopic (exact) mass is 305 g/mol. The fraction of sp³-hybridized carbons (Fsp3) is 0.455. The van der Waals surface area contributed by atoms with E-state index in [1.165, 1.54) is 5.56 Å². The number of benzene rings is 1. The first-order chi connectivity index (χ1) is 6.61. The van der Waals surface area contributed by atoms with Crippen LogP contribution in [-0.2, 0) is 6.42 Å². The Morgan fingerprint density at radius 3 is 3.00 bits per heavy atom. The lowest BCUT2D eigenvalue weighted by Crippen LogP contribution is -2.20. The fourth-order valence-corrected chi connectivity index (χ4v) is 3.06. The first kappa shape index (κ1) is 10.4. The number of hydrogen-bond acceptors (Lipinski definition) is 1. The summed E-state index contributed by atoms with van der Waals surface area (Å²) in [7, 11) is 0. The summed E-state index contributed by atoms with van der Waals surface area (Å²) >= 11 is 2.21. The Morgan fingerprint density at radius 1 is 1.57 bits per heavy atom. The van der Waals surface area contributed by atoms with Crippen molar-refractivity contribution in [3.8, 4) is 0 Å². The molecule has 1 aliphatic carbocycles. The van der Waals surface area contributed by atoms with Crippen molar-refractivity contribution in [2.45, 2.75) is 32.2 Å². The van der Waals surface area contributed by atoms with E-state index in [1.807, 2.05) is 6.92 Å². The van der Waals surface area contributed by atoms with Crippen molar-refractivity contribution >= 4 is 22.6 Å². The summed E-state index contributed by atoms with van der Waals surface area (Å²) in [5.41, 5.74) is 9.06. The highest BCUT2D eigenvalue weighted by Gasteiger charge is 2.22. The number of hydrogen-bond donors (Lipinski definition) is 1. The van der Waals surface area contributed by atoms with Crippen LogP contribution in [-0.4, -0.2) is 0 Å². The Balaban J connectivity index is 2.64. The van der Waals surface area contributed by atoms with Gasteiger partial charge in [0, 0.05) is 9.61 Å². The molecule has 1 nitrogen and oxygen atoms in total. The zero-order valence-electron chi connectivity index (χ0n) is 8.11. The van der Waals surface area contributed by atoms with E-state index in [4.69, 9.17) is 5.73 Å². The highest BCUT2D eigenvalue weighted by Crippen LogP contribution is 2.34. The van der Waals surface area contributed by atoms with Crippen LogP contribution in [0.25, 0.3) is 0 Å². The number of aryl methyl sites for hydroxylation is 1. The summed E-state index contributed by atoms with van der Waals surface area (Å²) in [5, 5.41) is 0. The van der Waals surface area contributed by atoms with Gasteiger partial charge in [-0.05, 0) is 71.5 Å². The second-order valence-electron chi connectivity index (χ2n) is 3.87. The molecule has 0 heterocycles. The normalized spacial score (nSPS) is 20.7. The molecular formula is C11H13FIN. The summed E-state index contributed by atoms with van der Waals surface area (Å²) in [6.45, 7) is 1.82. The van der Waals surface area contributed by atoms with Crippen molar-refractivity contribution in [1.29, 1.82) is 0 Å². The minimum Gasteiger partial charge on any atom is -0.324 e. The SMILES string of the molecule is Cc1c(F)cc2c(c1I)[C@H](N)CCC2. The van der Waals surface area contributed by atoms with Crippen LogP contribution in [0.2, 0.25) is 0 Å². The summed E-state index contributed by atoms with van der Waals surface area (Å²) < 4.78 is 14.5. The predicted molar refractivity (Wildman–Crippen MR) is 63.7 cm³/mol. The first-order valence-electron chi connectivity index (χ1n) is 4.84. The van der Waals surface area contributed by atoms with Crippen molar-refractivity contribution in [3.05, 3.63) is 32.1 Å². The molecule has 0 fully saturated rings. The lowest BCUT2D eigenvalue weighted by Gasteiger charge is -2.24. The molecule has 0 saturated heterocycles. The zero-order valence-corrected chi connectivity index (χ0v) is 10.3. The third-order valence-electron chi connectivity index (χ3n) is 2.90. The molecule has 0 saturated carbocycles. The van der Waals surface area contributed by atoms with Gasteiger partial charge in [-0.25, -0.2) is 4.39 Å². The van der Waals surface area contributed by atoms with Crippen molar-refractivity contribution in [3.63, 3.8) is 0 Å². The van der Waals surface area contributed by atoms with Crippen molar-refractivity contribution < 1.29 is 4.39 Å². The third kappa shape index (κ3) is 1.56. The lowest BCUT2D eigenvalue weighted by molar-refractivity contribution is 0.553. The van der Waals surface area contributed by atoms with Gasteiger partial charge >= 0.3 is 0 Å². The highest BCUT2D eigenvalue weighted by atomic mass is 127. The van der Waals surface area contributed by atoms with Crippen LogP contribution < -0.4 is 5.73 Å². The molecule has 0 amide bonds. The summed E-state index contributed by atoms with van der Waals surface area (Å²) in [5.74, 6) is -0.0951. The van der Waals surface area contributed by atoms with Crippen LogP contribution in [0.1, 0.15) is 35.6 Å². The van der Waals surface area contributed by atoms with E-state index in [2.05, 4.69) is 22.6 Å². The standard InChI is InChI=1S/C11H13FIN/c1-6-8(12)5-7-3-2-4-9(14)10(7)11(6)13/h5,9H,2-4,14H2,1H3/t9-/m1/s1. The number of fused-ring (bicyclic) bond motifs is 1. The van der Waals surface area contributed by atoms with Gasteiger partial charge in [0.2, 0.25) is 0 Å². The topological polar surface area (TPSA) is 26.0 Å². The van der Waals surface area contributed by atoms with E-state index in [0.29, 0.717) is 0 Å². The van der Waals surface area contributed by atoms with Gasteiger partial charge in [0.1, 0.15) is 5.82 Å². The van der Waals surface area contributed by atoms with Crippen LogP contribution in [0.4, 0.5) is 4.39 Å². The first-order valence-corrected chi connectivity index (χ1v) is 5.92. The minimum atomic E-state index is -0.0951. The van der Waals surface area contributed by atoms with E-state index in [0.717, 1.165) is 34.0 Å². The van der Waals surface area contributed by atoms with Gasteiger partial charge in [-0.1, -0.05) is 0 Å². The number of rotatable bonds is 0. The maximum atomic E-state index is 13.4. The minimum absolute atomic E-state index is 0.0951. The Bertz CT molecular complexity index is 376. The Kier molecular flexibility index (Phi) is 2.79. The zero-order chi connectivity index (χ0) is 10.3. The molecule has 0 radical (unpaired) electrons. The van der Waals surface area contributed by atoms with Gasteiger partial charge in [-0.15, -0.1) is 0 Å². The summed E-state index contributed by atoms with van der Waals surface area (Å²) in [6, 6.07) is 1.76. The molecule has 1 atom stereocenters. The van der Waals surface area contributed by atoms with Gasteiger partial charge < -0.3 is 5.73 Å². The lowest BCUT2D eigenvalue weighted by atomic mass is 9.87. The quantitative estimate of drug-likeness (QED) is 0.733. The van der Waals surface area contributed by atoms with Gasteiger partial charge in [0.15, 0.2) is 0 Å². The summed E-state index contributed by atoms with van der Waals surface area (Å²) in [6.07, 6.45) is 3.07. The van der Waals surface area contributed by atoms with E-state index in [-0.39, 0.29) is 11.9 Å².